The molecular formula is C25H19F2N3O4. The van der Waals surface area contributed by atoms with Crippen molar-refractivity contribution in [1.29, 1.82) is 0 Å². The Labute approximate surface area is 193 Å². The number of nitrogens with one attached hydrogen (secondary N) is 2. The van der Waals surface area contributed by atoms with Crippen LogP contribution in [0.15, 0.2) is 48.5 Å². The van der Waals surface area contributed by atoms with E-state index in [1.807, 2.05) is 31.2 Å². The van der Waals surface area contributed by atoms with Crippen LogP contribution in [0.2, 0.25) is 0 Å². The molecule has 0 radical (unpaired) electrons. The summed E-state index contributed by atoms with van der Waals surface area (Å²) in [6.07, 6.45) is -2.55. The largest absolute Gasteiger partial charge is 0.586 e. The molecule has 1 fully saturated rings. The third kappa shape index (κ3) is 3.27. The number of aromatic nitrogens is 1. The molecule has 1 aromatic heterocycles. The lowest BCUT2D eigenvalue weighted by atomic mass is 9.94. The van der Waals surface area contributed by atoms with Gasteiger partial charge in [-0.15, -0.1) is 8.78 Å². The van der Waals surface area contributed by atoms with Gasteiger partial charge in [-0.05, 0) is 60.7 Å². The van der Waals surface area contributed by atoms with Crippen molar-refractivity contribution in [2.45, 2.75) is 38.0 Å². The maximum absolute atomic E-state index is 13.4. The number of pyridine rings is 1. The Bertz CT molecular complexity index is 1380. The Morgan fingerprint density at radius 2 is 1.85 bits per heavy atom. The second-order valence-electron chi connectivity index (χ2n) is 8.78. The molecule has 7 nitrogen and oxygen atoms in total. The second-order valence-corrected chi connectivity index (χ2v) is 8.78. The monoisotopic (exact) mass is 463 g/mol. The first-order valence-corrected chi connectivity index (χ1v) is 10.9. The van der Waals surface area contributed by atoms with Crippen LogP contribution in [-0.4, -0.2) is 23.1 Å². The highest BCUT2D eigenvalue weighted by Gasteiger charge is 2.53. The van der Waals surface area contributed by atoms with Crippen molar-refractivity contribution < 1.29 is 27.8 Å². The minimum atomic E-state index is -3.71. The highest BCUT2D eigenvalue weighted by Crippen LogP contribution is 2.52. The molecule has 172 valence electrons. The number of aryl methyl sites for hydroxylation is 1. The van der Waals surface area contributed by atoms with Gasteiger partial charge >= 0.3 is 6.29 Å². The normalized spacial score (nSPS) is 18.3. The van der Waals surface area contributed by atoms with Crippen molar-refractivity contribution in [2.75, 3.05) is 5.32 Å². The predicted octanol–water partition coefficient (Wildman–Crippen LogP) is 4.29. The molecule has 2 aliphatic heterocycles. The molecule has 0 spiro atoms. The number of halogens is 2. The van der Waals surface area contributed by atoms with E-state index in [2.05, 4.69) is 25.1 Å². The topological polar surface area (TPSA) is 89.6 Å². The van der Waals surface area contributed by atoms with Crippen LogP contribution < -0.4 is 20.1 Å². The summed E-state index contributed by atoms with van der Waals surface area (Å²) in [4.78, 5) is 29.9. The van der Waals surface area contributed by atoms with Crippen molar-refractivity contribution in [3.8, 4) is 22.8 Å². The number of benzene rings is 2. The number of carbonyl (C=O) groups is 2. The summed E-state index contributed by atoms with van der Waals surface area (Å²) in [5, 5.41) is 5.68. The summed E-state index contributed by atoms with van der Waals surface area (Å²) in [5.41, 5.74) is 3.65. The number of hydrogen-bond acceptors (Lipinski definition) is 5. The molecule has 6 rings (SSSR count). The van der Waals surface area contributed by atoms with Gasteiger partial charge in [-0.1, -0.05) is 24.3 Å². The summed E-state index contributed by atoms with van der Waals surface area (Å²) in [6, 6.07) is 13.6. The zero-order valence-corrected chi connectivity index (χ0v) is 18.1. The number of hydrogen-bond donors (Lipinski definition) is 2. The Hall–Kier alpha value is -4.01. The SMILES string of the molecule is Cc1ccc(NC(=O)C2(c3ccc4c(c3)OC(F)(F)O4)CC2)nc1-c1ccc2c(c1)C(=O)NC2. The molecule has 3 aliphatic rings. The third-order valence-corrected chi connectivity index (χ3v) is 6.54. The van der Waals surface area contributed by atoms with Crippen LogP contribution in [0.25, 0.3) is 11.3 Å². The van der Waals surface area contributed by atoms with E-state index in [9.17, 15) is 18.4 Å². The van der Waals surface area contributed by atoms with Gasteiger partial charge in [0.15, 0.2) is 11.5 Å². The standard InChI is InChI=1S/C25H19F2N3O4/c1-13-2-7-20(29-21(13)14-3-4-15-12-28-22(31)17(15)10-14)30-23(32)24(8-9-24)16-5-6-18-19(11-16)34-25(26,27)33-18/h2-7,10-11H,8-9,12H2,1H3,(H,28,31)(H,29,30,32). The van der Waals surface area contributed by atoms with Crippen LogP contribution >= 0.6 is 0 Å². The van der Waals surface area contributed by atoms with Crippen molar-refractivity contribution in [2.24, 2.45) is 0 Å². The maximum atomic E-state index is 13.4. The number of carbonyl (C=O) groups excluding carboxylic acids is 2. The molecule has 1 saturated carbocycles. The van der Waals surface area contributed by atoms with E-state index in [0.29, 0.717) is 42.0 Å². The average molecular weight is 463 g/mol. The molecular weight excluding hydrogens is 444 g/mol. The van der Waals surface area contributed by atoms with Crippen molar-refractivity contribution in [1.82, 2.24) is 10.3 Å². The second kappa shape index (κ2) is 6.99. The fraction of sp³-hybridized carbons (Fsp3) is 0.240. The lowest BCUT2D eigenvalue weighted by Crippen LogP contribution is -2.28. The predicted molar refractivity (Wildman–Crippen MR) is 118 cm³/mol. The van der Waals surface area contributed by atoms with Gasteiger partial charge in [0.25, 0.3) is 5.91 Å². The molecule has 0 saturated heterocycles. The Kier molecular flexibility index (Phi) is 4.23. The zero-order valence-electron chi connectivity index (χ0n) is 18.1. The first-order chi connectivity index (χ1) is 16.2. The van der Waals surface area contributed by atoms with E-state index in [1.54, 1.807) is 12.1 Å². The van der Waals surface area contributed by atoms with Crippen LogP contribution in [0.1, 0.15) is 39.9 Å². The fourth-order valence-corrected chi connectivity index (χ4v) is 4.51. The fourth-order valence-electron chi connectivity index (χ4n) is 4.51. The Balaban J connectivity index is 1.27. The molecule has 0 atom stereocenters. The van der Waals surface area contributed by atoms with Gasteiger partial charge in [0.05, 0.1) is 11.1 Å². The summed E-state index contributed by atoms with van der Waals surface area (Å²) in [6.45, 7) is 2.42. The molecule has 9 heteroatoms. The first kappa shape index (κ1) is 20.6. The number of nitrogens with zero attached hydrogens (tertiary/aromatic N) is 1. The minimum absolute atomic E-state index is 0.0576. The van der Waals surface area contributed by atoms with Gasteiger partial charge in [0.1, 0.15) is 5.82 Å². The molecule has 0 bridgehead atoms. The first-order valence-electron chi connectivity index (χ1n) is 10.9. The van der Waals surface area contributed by atoms with E-state index in [-0.39, 0.29) is 23.3 Å². The number of anilines is 1. The van der Waals surface area contributed by atoms with Crippen molar-refractivity contribution in [3.05, 3.63) is 70.8 Å². The van der Waals surface area contributed by atoms with Gasteiger partial charge in [0, 0.05) is 17.7 Å². The van der Waals surface area contributed by atoms with E-state index in [4.69, 9.17) is 0 Å². The minimum Gasteiger partial charge on any atom is -0.395 e. The lowest BCUT2D eigenvalue weighted by Gasteiger charge is -2.17. The van der Waals surface area contributed by atoms with Gasteiger partial charge in [-0.2, -0.15) is 0 Å². The summed E-state index contributed by atoms with van der Waals surface area (Å²) in [7, 11) is 0. The van der Waals surface area contributed by atoms with Crippen molar-refractivity contribution in [3.63, 3.8) is 0 Å². The van der Waals surface area contributed by atoms with Crippen LogP contribution in [0.4, 0.5) is 14.6 Å². The number of fused-ring (bicyclic) bond motifs is 2. The van der Waals surface area contributed by atoms with Gasteiger partial charge in [-0.3, -0.25) is 9.59 Å². The smallest absolute Gasteiger partial charge is 0.395 e. The van der Waals surface area contributed by atoms with Crippen LogP contribution in [0.5, 0.6) is 11.5 Å². The number of rotatable bonds is 4. The lowest BCUT2D eigenvalue weighted by molar-refractivity contribution is -0.286. The molecule has 2 N–H and O–H groups in total. The van der Waals surface area contributed by atoms with Crippen LogP contribution in [0.3, 0.4) is 0 Å². The van der Waals surface area contributed by atoms with E-state index < -0.39 is 11.7 Å². The maximum Gasteiger partial charge on any atom is 0.586 e. The number of alkyl halides is 2. The number of amides is 2. The molecule has 2 amide bonds. The summed E-state index contributed by atoms with van der Waals surface area (Å²) in [5.74, 6) is -0.158. The molecule has 1 aliphatic carbocycles. The molecule has 3 aromatic rings. The van der Waals surface area contributed by atoms with E-state index >= 15 is 0 Å². The summed E-state index contributed by atoms with van der Waals surface area (Å²) < 4.78 is 35.7. The van der Waals surface area contributed by atoms with Crippen molar-refractivity contribution >= 4 is 17.6 Å². The highest BCUT2D eigenvalue weighted by molar-refractivity contribution is 6.01. The van der Waals surface area contributed by atoms with Crippen LogP contribution in [0, 0.1) is 6.92 Å². The Morgan fingerprint density at radius 3 is 2.65 bits per heavy atom. The van der Waals surface area contributed by atoms with Gasteiger partial charge in [0.2, 0.25) is 5.91 Å². The van der Waals surface area contributed by atoms with E-state index in [0.717, 1.165) is 16.7 Å². The van der Waals surface area contributed by atoms with Gasteiger partial charge in [-0.25, -0.2) is 4.98 Å². The molecule has 2 aromatic carbocycles. The molecule has 34 heavy (non-hydrogen) atoms. The molecule has 3 heterocycles. The quantitative estimate of drug-likeness (QED) is 0.603. The number of ether oxygens (including phenoxy) is 2. The summed E-state index contributed by atoms with van der Waals surface area (Å²) >= 11 is 0. The molecule has 0 unspecified atom stereocenters. The van der Waals surface area contributed by atoms with Gasteiger partial charge < -0.3 is 20.1 Å². The van der Waals surface area contributed by atoms with E-state index in [1.165, 1.54) is 12.1 Å². The zero-order chi connectivity index (χ0) is 23.7. The Morgan fingerprint density at radius 1 is 1.06 bits per heavy atom. The van der Waals surface area contributed by atoms with Crippen LogP contribution in [-0.2, 0) is 16.8 Å². The third-order valence-electron chi connectivity index (χ3n) is 6.54. The highest BCUT2D eigenvalue weighted by atomic mass is 19.3. The average Bonchev–Trinajstić information content (AvgIpc) is 3.45.